The number of aryl methyl sites for hydroxylation is 1. The van der Waals surface area contributed by atoms with Crippen LogP contribution in [0.1, 0.15) is 35.7 Å². The molecule has 1 aromatic rings. The maximum Gasteiger partial charge on any atom is 0.326 e. The van der Waals surface area contributed by atoms with Crippen molar-refractivity contribution in [1.82, 2.24) is 5.32 Å². The molecule has 0 radical (unpaired) electrons. The van der Waals surface area contributed by atoms with Crippen LogP contribution in [0.25, 0.3) is 0 Å². The molecule has 0 aliphatic carbocycles. The molecule has 0 bridgehead atoms. The Morgan fingerprint density at radius 3 is 2.61 bits per heavy atom. The van der Waals surface area contributed by atoms with Gasteiger partial charge < -0.3 is 10.4 Å². The molecule has 0 saturated carbocycles. The molecule has 1 amide bonds. The van der Waals surface area contributed by atoms with Crippen molar-refractivity contribution >= 4 is 27.8 Å². The van der Waals surface area contributed by atoms with Gasteiger partial charge in [0.25, 0.3) is 5.91 Å². The van der Waals surface area contributed by atoms with Crippen LogP contribution in [0.15, 0.2) is 22.7 Å². The van der Waals surface area contributed by atoms with Crippen LogP contribution >= 0.6 is 15.9 Å². The Kier molecular flexibility index (Phi) is 5.34. The SMILES string of the molecule is CCC[C@H](NC(=O)c1ccc(Br)cc1C)C(=O)O. The van der Waals surface area contributed by atoms with E-state index in [1.54, 1.807) is 12.1 Å². The second-order valence-electron chi connectivity index (χ2n) is 4.11. The Bertz CT molecular complexity index is 460. The van der Waals surface area contributed by atoms with Gasteiger partial charge in [-0.15, -0.1) is 0 Å². The summed E-state index contributed by atoms with van der Waals surface area (Å²) < 4.78 is 0.889. The number of hydrogen-bond donors (Lipinski definition) is 2. The second kappa shape index (κ2) is 6.54. The summed E-state index contributed by atoms with van der Waals surface area (Å²) in [6.45, 7) is 3.70. The van der Waals surface area contributed by atoms with Gasteiger partial charge in [-0.25, -0.2) is 4.79 Å². The van der Waals surface area contributed by atoms with Gasteiger partial charge in [-0.3, -0.25) is 4.79 Å². The summed E-state index contributed by atoms with van der Waals surface area (Å²) in [5.41, 5.74) is 1.31. The molecule has 5 heteroatoms. The molecular formula is C13H16BrNO3. The van der Waals surface area contributed by atoms with Gasteiger partial charge in [-0.05, 0) is 37.1 Å². The summed E-state index contributed by atoms with van der Waals surface area (Å²) in [7, 11) is 0. The van der Waals surface area contributed by atoms with E-state index in [1.165, 1.54) is 0 Å². The largest absolute Gasteiger partial charge is 0.480 e. The van der Waals surface area contributed by atoms with Crippen LogP contribution in [-0.2, 0) is 4.79 Å². The van der Waals surface area contributed by atoms with Crippen LogP contribution < -0.4 is 5.32 Å². The van der Waals surface area contributed by atoms with Crippen LogP contribution in [0.2, 0.25) is 0 Å². The fraction of sp³-hybridized carbons (Fsp3) is 0.385. The smallest absolute Gasteiger partial charge is 0.326 e. The van der Waals surface area contributed by atoms with Crippen molar-refractivity contribution in [2.24, 2.45) is 0 Å². The van der Waals surface area contributed by atoms with E-state index >= 15 is 0 Å². The number of carboxylic acid groups (broad SMARTS) is 1. The fourth-order valence-corrected chi connectivity index (χ4v) is 2.14. The van der Waals surface area contributed by atoms with E-state index in [0.717, 1.165) is 10.0 Å². The molecule has 0 saturated heterocycles. The first kappa shape index (κ1) is 14.7. The lowest BCUT2D eigenvalue weighted by atomic mass is 10.1. The summed E-state index contributed by atoms with van der Waals surface area (Å²) in [6.07, 6.45) is 1.13. The lowest BCUT2D eigenvalue weighted by Gasteiger charge is -2.14. The Morgan fingerprint density at radius 1 is 1.44 bits per heavy atom. The molecule has 0 aliphatic heterocycles. The Labute approximate surface area is 115 Å². The molecule has 0 heterocycles. The number of benzene rings is 1. The quantitative estimate of drug-likeness (QED) is 0.878. The molecule has 0 unspecified atom stereocenters. The van der Waals surface area contributed by atoms with E-state index in [1.807, 2.05) is 19.9 Å². The fourth-order valence-electron chi connectivity index (χ4n) is 1.66. The molecule has 0 aromatic heterocycles. The number of carboxylic acids is 1. The van der Waals surface area contributed by atoms with Crippen LogP contribution in [0, 0.1) is 6.92 Å². The average Bonchev–Trinajstić information content (AvgIpc) is 2.27. The van der Waals surface area contributed by atoms with Gasteiger partial charge in [0, 0.05) is 10.0 Å². The standard InChI is InChI=1S/C13H16BrNO3/c1-3-4-11(13(17)18)15-12(16)10-6-5-9(14)7-8(10)2/h5-7,11H,3-4H2,1-2H3,(H,15,16)(H,17,18)/t11-/m0/s1. The van der Waals surface area contributed by atoms with Gasteiger partial charge in [0.2, 0.25) is 0 Å². The highest BCUT2D eigenvalue weighted by molar-refractivity contribution is 9.10. The van der Waals surface area contributed by atoms with Gasteiger partial charge in [-0.2, -0.15) is 0 Å². The van der Waals surface area contributed by atoms with E-state index < -0.39 is 12.0 Å². The lowest BCUT2D eigenvalue weighted by Crippen LogP contribution is -2.40. The summed E-state index contributed by atoms with van der Waals surface area (Å²) in [4.78, 5) is 22.9. The first-order chi connectivity index (χ1) is 8.45. The minimum atomic E-state index is -1.00. The van der Waals surface area contributed by atoms with Crippen molar-refractivity contribution in [3.05, 3.63) is 33.8 Å². The number of carbonyl (C=O) groups excluding carboxylic acids is 1. The maximum absolute atomic E-state index is 12.0. The Balaban J connectivity index is 2.83. The molecular weight excluding hydrogens is 298 g/mol. The molecule has 0 aliphatic rings. The number of nitrogens with one attached hydrogen (secondary N) is 1. The zero-order valence-electron chi connectivity index (χ0n) is 10.4. The van der Waals surface area contributed by atoms with Crippen LogP contribution in [0.3, 0.4) is 0 Å². The number of carbonyl (C=O) groups is 2. The number of rotatable bonds is 5. The van der Waals surface area contributed by atoms with Crippen molar-refractivity contribution < 1.29 is 14.7 Å². The van der Waals surface area contributed by atoms with Gasteiger partial charge in [0.1, 0.15) is 6.04 Å². The third-order valence-corrected chi connectivity index (χ3v) is 3.11. The topological polar surface area (TPSA) is 66.4 Å². The summed E-state index contributed by atoms with van der Waals surface area (Å²) >= 11 is 3.32. The molecule has 0 fully saturated rings. The normalized spacial score (nSPS) is 11.9. The third kappa shape index (κ3) is 3.84. The molecule has 1 atom stereocenters. The van der Waals surface area contributed by atoms with Crippen molar-refractivity contribution in [1.29, 1.82) is 0 Å². The molecule has 2 N–H and O–H groups in total. The van der Waals surface area contributed by atoms with Crippen molar-refractivity contribution in [2.75, 3.05) is 0 Å². The minimum absolute atomic E-state index is 0.346. The summed E-state index contributed by atoms with van der Waals surface area (Å²) in [6, 6.07) is 4.44. The second-order valence-corrected chi connectivity index (χ2v) is 5.03. The predicted molar refractivity (Wildman–Crippen MR) is 72.7 cm³/mol. The Hall–Kier alpha value is -1.36. The van der Waals surface area contributed by atoms with Crippen LogP contribution in [0.5, 0.6) is 0 Å². The minimum Gasteiger partial charge on any atom is -0.480 e. The number of amides is 1. The van der Waals surface area contributed by atoms with E-state index in [2.05, 4.69) is 21.2 Å². The Morgan fingerprint density at radius 2 is 2.11 bits per heavy atom. The van der Waals surface area contributed by atoms with E-state index in [0.29, 0.717) is 18.4 Å². The van der Waals surface area contributed by atoms with E-state index in [-0.39, 0.29) is 5.91 Å². The first-order valence-electron chi connectivity index (χ1n) is 5.75. The highest BCUT2D eigenvalue weighted by Crippen LogP contribution is 2.16. The van der Waals surface area contributed by atoms with Gasteiger partial charge in [0.15, 0.2) is 0 Å². The van der Waals surface area contributed by atoms with Crippen molar-refractivity contribution in [3.8, 4) is 0 Å². The first-order valence-corrected chi connectivity index (χ1v) is 6.54. The monoisotopic (exact) mass is 313 g/mol. The lowest BCUT2D eigenvalue weighted by molar-refractivity contribution is -0.139. The number of aliphatic carboxylic acids is 1. The zero-order valence-corrected chi connectivity index (χ0v) is 12.0. The van der Waals surface area contributed by atoms with Gasteiger partial charge >= 0.3 is 5.97 Å². The van der Waals surface area contributed by atoms with Crippen LogP contribution in [0.4, 0.5) is 0 Å². The maximum atomic E-state index is 12.0. The van der Waals surface area contributed by atoms with E-state index in [4.69, 9.17) is 5.11 Å². The van der Waals surface area contributed by atoms with E-state index in [9.17, 15) is 9.59 Å². The van der Waals surface area contributed by atoms with Gasteiger partial charge in [0.05, 0.1) is 0 Å². The molecule has 1 rings (SSSR count). The molecule has 1 aromatic carbocycles. The summed E-state index contributed by atoms with van der Waals surface area (Å²) in [5, 5.41) is 11.5. The molecule has 4 nitrogen and oxygen atoms in total. The highest BCUT2D eigenvalue weighted by atomic mass is 79.9. The highest BCUT2D eigenvalue weighted by Gasteiger charge is 2.20. The number of halogens is 1. The van der Waals surface area contributed by atoms with Crippen molar-refractivity contribution in [3.63, 3.8) is 0 Å². The average molecular weight is 314 g/mol. The molecule has 98 valence electrons. The molecule has 18 heavy (non-hydrogen) atoms. The third-order valence-electron chi connectivity index (χ3n) is 2.61. The zero-order chi connectivity index (χ0) is 13.7. The van der Waals surface area contributed by atoms with Gasteiger partial charge in [-0.1, -0.05) is 29.3 Å². The summed E-state index contributed by atoms with van der Waals surface area (Å²) in [5.74, 6) is -1.35. The number of hydrogen-bond acceptors (Lipinski definition) is 2. The molecule has 0 spiro atoms. The predicted octanol–water partition coefficient (Wildman–Crippen LogP) is 2.74. The van der Waals surface area contributed by atoms with Crippen molar-refractivity contribution in [2.45, 2.75) is 32.7 Å². The van der Waals surface area contributed by atoms with Crippen LogP contribution in [-0.4, -0.2) is 23.0 Å².